The molecule has 4 rings (SSSR count). The van der Waals surface area contributed by atoms with Gasteiger partial charge in [0, 0.05) is 19.0 Å². The molecule has 3 aromatic rings. The molecule has 1 saturated carbocycles. The monoisotopic (exact) mass is 495 g/mol. The molecule has 10 heteroatoms. The molecule has 0 bridgehead atoms. The smallest absolute Gasteiger partial charge is 0.332 e. The van der Waals surface area contributed by atoms with E-state index in [4.69, 9.17) is 11.6 Å². The van der Waals surface area contributed by atoms with Crippen molar-refractivity contribution in [3.8, 4) is 0 Å². The fourth-order valence-electron chi connectivity index (χ4n) is 3.76. The number of nitrogens with zero attached hydrogens (tertiary/aromatic N) is 1. The number of aromatic nitrogens is 1. The van der Waals surface area contributed by atoms with Gasteiger partial charge in [0.1, 0.15) is 17.5 Å². The van der Waals surface area contributed by atoms with Crippen molar-refractivity contribution >= 4 is 17.6 Å². The third-order valence-corrected chi connectivity index (χ3v) is 5.77. The first-order valence-corrected chi connectivity index (χ1v) is 10.7. The third kappa shape index (κ3) is 5.30. The van der Waals surface area contributed by atoms with Crippen molar-refractivity contribution in [2.45, 2.75) is 36.8 Å². The van der Waals surface area contributed by atoms with Gasteiger partial charge in [0.05, 0.1) is 22.3 Å². The van der Waals surface area contributed by atoms with E-state index in [1.54, 1.807) is 30.3 Å². The quantitative estimate of drug-likeness (QED) is 0.425. The number of alkyl halides is 4. The Morgan fingerprint density at radius 2 is 1.74 bits per heavy atom. The van der Waals surface area contributed by atoms with Crippen LogP contribution in [0.1, 0.15) is 28.8 Å². The number of urea groups is 1. The number of rotatable bonds is 6. The molecule has 1 aromatic heterocycles. The van der Waals surface area contributed by atoms with Crippen LogP contribution < -0.4 is 10.6 Å². The molecule has 1 aliphatic carbocycles. The Bertz CT molecular complexity index is 1170. The highest BCUT2D eigenvalue weighted by Crippen LogP contribution is 2.38. The van der Waals surface area contributed by atoms with Gasteiger partial charge in [-0.3, -0.25) is 4.98 Å². The predicted molar refractivity (Wildman–Crippen MR) is 117 cm³/mol. The van der Waals surface area contributed by atoms with Crippen LogP contribution >= 0.6 is 11.6 Å². The number of halogens is 6. The summed E-state index contributed by atoms with van der Waals surface area (Å²) in [4.78, 5) is 17.1. The van der Waals surface area contributed by atoms with Gasteiger partial charge in [0.25, 0.3) is 0 Å². The zero-order valence-electron chi connectivity index (χ0n) is 17.5. The molecular weight excluding hydrogens is 477 g/mol. The van der Waals surface area contributed by atoms with Crippen molar-refractivity contribution in [1.29, 1.82) is 0 Å². The molecule has 1 unspecified atom stereocenters. The van der Waals surface area contributed by atoms with E-state index in [-0.39, 0.29) is 29.1 Å². The fourth-order valence-corrected chi connectivity index (χ4v) is 3.87. The van der Waals surface area contributed by atoms with Gasteiger partial charge in [0.15, 0.2) is 0 Å². The molecule has 1 fully saturated rings. The highest BCUT2D eigenvalue weighted by atomic mass is 35.5. The molecule has 4 nitrogen and oxygen atoms in total. The highest BCUT2D eigenvalue weighted by Gasteiger charge is 2.43. The number of carbonyl (C=O) groups is 1. The molecular formula is C24H19ClF5N3O. The van der Waals surface area contributed by atoms with Gasteiger partial charge < -0.3 is 10.6 Å². The van der Waals surface area contributed by atoms with E-state index in [2.05, 4.69) is 15.6 Å². The summed E-state index contributed by atoms with van der Waals surface area (Å²) in [6.45, 7) is 0. The Hall–Kier alpha value is -3.20. The first kappa shape index (κ1) is 23.9. The van der Waals surface area contributed by atoms with E-state index in [0.29, 0.717) is 11.6 Å². The van der Waals surface area contributed by atoms with Crippen LogP contribution in [0.2, 0.25) is 5.02 Å². The maximum atomic E-state index is 14.5. The molecule has 34 heavy (non-hydrogen) atoms. The van der Waals surface area contributed by atoms with Crippen LogP contribution in [0.5, 0.6) is 0 Å². The molecule has 2 amide bonds. The lowest BCUT2D eigenvalue weighted by Crippen LogP contribution is -2.53. The van der Waals surface area contributed by atoms with Crippen molar-refractivity contribution in [2.75, 3.05) is 0 Å². The van der Waals surface area contributed by atoms with E-state index in [1.165, 1.54) is 18.3 Å². The number of amides is 2. The number of hydrogen-bond acceptors (Lipinski definition) is 2. The summed E-state index contributed by atoms with van der Waals surface area (Å²) in [6.07, 6.45) is -4.69. The van der Waals surface area contributed by atoms with Gasteiger partial charge in [-0.25, -0.2) is 13.6 Å². The molecule has 0 saturated heterocycles. The summed E-state index contributed by atoms with van der Waals surface area (Å²) in [7, 11) is 0. The first-order chi connectivity index (χ1) is 16.1. The minimum Gasteiger partial charge on any atom is -0.332 e. The van der Waals surface area contributed by atoms with Gasteiger partial charge in [-0.2, -0.15) is 13.2 Å². The van der Waals surface area contributed by atoms with E-state index < -0.39 is 41.3 Å². The normalized spacial score (nSPS) is 19.2. The second kappa shape index (κ2) is 9.21. The van der Waals surface area contributed by atoms with Crippen LogP contribution in [0, 0.1) is 5.82 Å². The summed E-state index contributed by atoms with van der Waals surface area (Å²) in [5.41, 5.74) is -2.38. The SMILES string of the molecule is O=C(NC1C[C@H]1F)N[C@@](Cc1ccccc1)(c1cc(F)cc(C(F)(F)F)c1)c1ccc(Cl)cn1. The van der Waals surface area contributed by atoms with Crippen molar-refractivity contribution < 1.29 is 26.7 Å². The van der Waals surface area contributed by atoms with E-state index in [9.17, 15) is 26.7 Å². The summed E-state index contributed by atoms with van der Waals surface area (Å²) in [6, 6.07) is 12.1. The molecule has 0 radical (unpaired) electrons. The van der Waals surface area contributed by atoms with Crippen LogP contribution in [0.3, 0.4) is 0 Å². The van der Waals surface area contributed by atoms with Crippen LogP contribution in [0.25, 0.3) is 0 Å². The summed E-state index contributed by atoms with van der Waals surface area (Å²) in [5, 5.41) is 5.39. The molecule has 1 heterocycles. The van der Waals surface area contributed by atoms with Crippen LogP contribution in [0.15, 0.2) is 66.9 Å². The van der Waals surface area contributed by atoms with Crippen molar-refractivity contribution in [1.82, 2.24) is 15.6 Å². The summed E-state index contributed by atoms with van der Waals surface area (Å²) in [5.74, 6) is -1.13. The van der Waals surface area contributed by atoms with Crippen LogP contribution in [-0.2, 0) is 18.1 Å². The summed E-state index contributed by atoms with van der Waals surface area (Å²) < 4.78 is 68.6. The maximum absolute atomic E-state index is 14.5. The molecule has 2 aromatic carbocycles. The highest BCUT2D eigenvalue weighted by molar-refractivity contribution is 6.30. The topological polar surface area (TPSA) is 54.0 Å². The van der Waals surface area contributed by atoms with Gasteiger partial charge in [-0.1, -0.05) is 41.9 Å². The van der Waals surface area contributed by atoms with Crippen molar-refractivity contribution in [3.63, 3.8) is 0 Å². The fraction of sp³-hybridized carbons (Fsp3) is 0.250. The molecule has 178 valence electrons. The second-order valence-electron chi connectivity index (χ2n) is 8.11. The lowest BCUT2D eigenvalue weighted by atomic mass is 9.79. The lowest BCUT2D eigenvalue weighted by molar-refractivity contribution is -0.137. The standard InChI is InChI=1S/C24H19ClF5N3O/c25-17-6-7-21(31-13-17)23(12-14-4-2-1-3-5-14,33-22(34)32-20-11-19(20)27)15-8-16(24(28,29)30)10-18(26)9-15/h1-10,13,19-20H,11-12H2,(H2,32,33,34)/t19-,20?,23+/m1/s1. The molecule has 3 atom stereocenters. The second-order valence-corrected chi connectivity index (χ2v) is 8.55. The minimum absolute atomic E-state index is 0.0691. The minimum atomic E-state index is -4.83. The molecule has 0 spiro atoms. The number of pyridine rings is 1. The number of benzene rings is 2. The first-order valence-electron chi connectivity index (χ1n) is 10.3. The van der Waals surface area contributed by atoms with Crippen LogP contribution in [0.4, 0.5) is 26.7 Å². The molecule has 1 aliphatic rings. The predicted octanol–water partition coefficient (Wildman–Crippen LogP) is 5.79. The largest absolute Gasteiger partial charge is 0.416 e. The third-order valence-electron chi connectivity index (χ3n) is 5.55. The van der Waals surface area contributed by atoms with Crippen molar-refractivity contribution in [2.24, 2.45) is 0 Å². The van der Waals surface area contributed by atoms with Crippen LogP contribution in [-0.4, -0.2) is 23.2 Å². The van der Waals surface area contributed by atoms with E-state index >= 15 is 0 Å². The number of nitrogens with one attached hydrogen (secondary N) is 2. The average molecular weight is 496 g/mol. The Labute approximate surface area is 197 Å². The number of carbonyl (C=O) groups excluding carboxylic acids is 1. The van der Waals surface area contributed by atoms with Crippen molar-refractivity contribution in [3.05, 3.63) is 100 Å². The zero-order valence-corrected chi connectivity index (χ0v) is 18.3. The summed E-state index contributed by atoms with van der Waals surface area (Å²) >= 11 is 5.96. The van der Waals surface area contributed by atoms with Gasteiger partial charge in [-0.05, 0) is 41.5 Å². The van der Waals surface area contributed by atoms with Gasteiger partial charge in [0.2, 0.25) is 0 Å². The van der Waals surface area contributed by atoms with E-state index in [1.807, 2.05) is 0 Å². The van der Waals surface area contributed by atoms with Gasteiger partial charge >= 0.3 is 12.2 Å². The Balaban J connectivity index is 1.90. The zero-order chi connectivity index (χ0) is 24.5. The number of hydrogen-bond donors (Lipinski definition) is 2. The molecule has 2 N–H and O–H groups in total. The van der Waals surface area contributed by atoms with E-state index in [0.717, 1.165) is 12.1 Å². The Morgan fingerprint density at radius 3 is 2.32 bits per heavy atom. The average Bonchev–Trinajstić information content (AvgIpc) is 3.47. The lowest BCUT2D eigenvalue weighted by Gasteiger charge is -2.36. The Morgan fingerprint density at radius 1 is 1.06 bits per heavy atom. The van der Waals surface area contributed by atoms with Gasteiger partial charge in [-0.15, -0.1) is 0 Å². The molecule has 0 aliphatic heterocycles. The maximum Gasteiger partial charge on any atom is 0.416 e. The Kier molecular flexibility index (Phi) is 6.49.